The van der Waals surface area contributed by atoms with Crippen LogP contribution in [-0.4, -0.2) is 5.11 Å². The van der Waals surface area contributed by atoms with Crippen LogP contribution < -0.4 is 0 Å². The van der Waals surface area contributed by atoms with Crippen LogP contribution >= 0.6 is 0 Å². The first kappa shape index (κ1) is 13.5. The number of aliphatic hydroxyl groups is 1. The summed E-state index contributed by atoms with van der Waals surface area (Å²) in [5.41, 5.74) is 1.50. The Balaban J connectivity index is 2.18. The molecule has 1 N–H and O–H groups in total. The van der Waals surface area contributed by atoms with Crippen LogP contribution in [0.25, 0.3) is 0 Å². The van der Waals surface area contributed by atoms with E-state index in [4.69, 9.17) is 0 Å². The molecule has 1 aromatic carbocycles. The van der Waals surface area contributed by atoms with E-state index in [0.717, 1.165) is 18.4 Å². The normalized spacial score (nSPS) is 26.0. The topological polar surface area (TPSA) is 20.2 Å². The van der Waals surface area contributed by atoms with Crippen molar-refractivity contribution in [1.29, 1.82) is 0 Å². The molecular weight excluding hydrogens is 227 g/mol. The Labute approximate surface area is 109 Å². The Morgan fingerprint density at radius 2 is 2.06 bits per heavy atom. The quantitative estimate of drug-likeness (QED) is 0.843. The third kappa shape index (κ3) is 2.74. The summed E-state index contributed by atoms with van der Waals surface area (Å²) in [5, 5.41) is 10.5. The van der Waals surface area contributed by atoms with E-state index in [1.165, 1.54) is 25.3 Å². The number of aliphatic hydroxyl groups excluding tert-OH is 1. The lowest BCUT2D eigenvalue weighted by atomic mass is 9.73. The average molecular weight is 250 g/mol. The Hall–Kier alpha value is -0.890. The van der Waals surface area contributed by atoms with Gasteiger partial charge in [-0.1, -0.05) is 44.7 Å². The van der Waals surface area contributed by atoms with Gasteiger partial charge in [0.15, 0.2) is 0 Å². The fourth-order valence-electron chi connectivity index (χ4n) is 3.26. The Bertz CT molecular complexity index is 402. The van der Waals surface area contributed by atoms with Gasteiger partial charge < -0.3 is 5.11 Å². The van der Waals surface area contributed by atoms with Crippen molar-refractivity contribution in [3.63, 3.8) is 0 Å². The minimum absolute atomic E-state index is 0.193. The second-order valence-electron chi connectivity index (χ2n) is 5.57. The maximum absolute atomic E-state index is 13.3. The first-order chi connectivity index (χ1) is 8.63. The van der Waals surface area contributed by atoms with Crippen LogP contribution in [0.1, 0.15) is 56.3 Å². The summed E-state index contributed by atoms with van der Waals surface area (Å²) in [5.74, 6) is 0.759. The van der Waals surface area contributed by atoms with Gasteiger partial charge in [0.2, 0.25) is 0 Å². The highest BCUT2D eigenvalue weighted by molar-refractivity contribution is 5.26. The second kappa shape index (κ2) is 5.83. The summed E-state index contributed by atoms with van der Waals surface area (Å²) in [6.45, 7) is 3.95. The lowest BCUT2D eigenvalue weighted by Crippen LogP contribution is -2.25. The van der Waals surface area contributed by atoms with Gasteiger partial charge in [0, 0.05) is 0 Å². The molecule has 1 aliphatic rings. The van der Waals surface area contributed by atoms with E-state index < -0.39 is 6.10 Å². The van der Waals surface area contributed by atoms with Crippen LogP contribution in [-0.2, 0) is 0 Å². The van der Waals surface area contributed by atoms with Crippen LogP contribution in [0.2, 0.25) is 0 Å². The summed E-state index contributed by atoms with van der Waals surface area (Å²) >= 11 is 0. The molecule has 1 saturated carbocycles. The molecule has 0 bridgehead atoms. The molecule has 0 aliphatic heterocycles. The van der Waals surface area contributed by atoms with Crippen LogP contribution in [0.4, 0.5) is 4.39 Å². The van der Waals surface area contributed by atoms with Gasteiger partial charge in [0.1, 0.15) is 5.82 Å². The lowest BCUT2D eigenvalue weighted by Gasteiger charge is -2.34. The number of benzene rings is 1. The zero-order valence-corrected chi connectivity index (χ0v) is 11.3. The van der Waals surface area contributed by atoms with E-state index in [0.29, 0.717) is 17.4 Å². The van der Waals surface area contributed by atoms with E-state index in [1.807, 2.05) is 0 Å². The van der Waals surface area contributed by atoms with Crippen molar-refractivity contribution in [1.82, 2.24) is 0 Å². The molecule has 0 heterocycles. The number of aryl methyl sites for hydroxylation is 1. The monoisotopic (exact) mass is 250 g/mol. The molecule has 1 nitrogen and oxygen atoms in total. The van der Waals surface area contributed by atoms with Gasteiger partial charge in [-0.2, -0.15) is 0 Å². The SMILES string of the molecule is CCC1CCCCC1C(O)c1ccc(F)c(C)c1. The largest absolute Gasteiger partial charge is 0.388 e. The molecule has 0 amide bonds. The molecule has 3 atom stereocenters. The first-order valence-electron chi connectivity index (χ1n) is 7.07. The molecule has 1 aliphatic carbocycles. The first-order valence-corrected chi connectivity index (χ1v) is 7.07. The van der Waals surface area contributed by atoms with E-state index >= 15 is 0 Å². The number of rotatable bonds is 3. The number of hydrogen-bond donors (Lipinski definition) is 1. The maximum atomic E-state index is 13.3. The summed E-state index contributed by atoms with van der Waals surface area (Å²) in [7, 11) is 0. The molecule has 2 rings (SSSR count). The van der Waals surface area contributed by atoms with Crippen molar-refractivity contribution >= 4 is 0 Å². The molecule has 2 heteroatoms. The maximum Gasteiger partial charge on any atom is 0.126 e. The van der Waals surface area contributed by atoms with Crippen molar-refractivity contribution in [3.05, 3.63) is 35.1 Å². The Kier molecular flexibility index (Phi) is 4.39. The number of halogens is 1. The van der Waals surface area contributed by atoms with Crippen molar-refractivity contribution < 1.29 is 9.50 Å². The molecule has 0 spiro atoms. The summed E-state index contributed by atoms with van der Waals surface area (Å²) in [4.78, 5) is 0. The second-order valence-corrected chi connectivity index (χ2v) is 5.57. The molecule has 0 aromatic heterocycles. The van der Waals surface area contributed by atoms with Gasteiger partial charge in [-0.15, -0.1) is 0 Å². The van der Waals surface area contributed by atoms with Gasteiger partial charge in [-0.3, -0.25) is 0 Å². The minimum atomic E-state index is -0.436. The standard InChI is InChI=1S/C16H23FO/c1-3-12-6-4-5-7-14(12)16(18)13-8-9-15(17)11(2)10-13/h8-10,12,14,16,18H,3-7H2,1-2H3. The molecule has 1 aromatic rings. The highest BCUT2D eigenvalue weighted by Crippen LogP contribution is 2.40. The molecular formula is C16H23FO. The Morgan fingerprint density at radius 1 is 1.33 bits per heavy atom. The molecule has 0 saturated heterocycles. The van der Waals surface area contributed by atoms with Gasteiger partial charge in [-0.25, -0.2) is 4.39 Å². The minimum Gasteiger partial charge on any atom is -0.388 e. The Morgan fingerprint density at radius 3 is 2.72 bits per heavy atom. The molecule has 1 fully saturated rings. The van der Waals surface area contributed by atoms with Crippen LogP contribution in [0.5, 0.6) is 0 Å². The third-order valence-corrected chi connectivity index (χ3v) is 4.42. The van der Waals surface area contributed by atoms with Crippen molar-refractivity contribution in [3.8, 4) is 0 Å². The predicted octanol–water partition coefficient (Wildman–Crippen LogP) is 4.38. The van der Waals surface area contributed by atoms with Gasteiger partial charge in [-0.05, 0) is 42.4 Å². The summed E-state index contributed by atoms with van der Waals surface area (Å²) in [6.07, 6.45) is 5.49. The molecule has 3 unspecified atom stereocenters. The zero-order chi connectivity index (χ0) is 13.1. The van der Waals surface area contributed by atoms with Crippen LogP contribution in [0, 0.1) is 24.6 Å². The highest BCUT2D eigenvalue weighted by Gasteiger charge is 2.30. The van der Waals surface area contributed by atoms with Crippen molar-refractivity contribution in [2.75, 3.05) is 0 Å². The van der Waals surface area contributed by atoms with E-state index in [9.17, 15) is 9.50 Å². The predicted molar refractivity (Wildman–Crippen MR) is 71.8 cm³/mol. The fourth-order valence-corrected chi connectivity index (χ4v) is 3.26. The average Bonchev–Trinajstić information content (AvgIpc) is 2.41. The fraction of sp³-hybridized carbons (Fsp3) is 0.625. The van der Waals surface area contributed by atoms with Crippen molar-refractivity contribution in [2.45, 2.75) is 52.1 Å². The molecule has 0 radical (unpaired) electrons. The van der Waals surface area contributed by atoms with E-state index in [2.05, 4.69) is 6.92 Å². The molecule has 100 valence electrons. The number of hydrogen-bond acceptors (Lipinski definition) is 1. The van der Waals surface area contributed by atoms with Gasteiger partial charge in [0.05, 0.1) is 6.10 Å². The van der Waals surface area contributed by atoms with Gasteiger partial charge >= 0.3 is 0 Å². The molecule has 18 heavy (non-hydrogen) atoms. The zero-order valence-electron chi connectivity index (χ0n) is 11.3. The summed E-state index contributed by atoms with van der Waals surface area (Å²) in [6, 6.07) is 4.99. The highest BCUT2D eigenvalue weighted by atomic mass is 19.1. The van der Waals surface area contributed by atoms with Gasteiger partial charge in [0.25, 0.3) is 0 Å². The summed E-state index contributed by atoms with van der Waals surface area (Å²) < 4.78 is 13.3. The van der Waals surface area contributed by atoms with Crippen molar-refractivity contribution in [2.24, 2.45) is 11.8 Å². The van der Waals surface area contributed by atoms with Crippen LogP contribution in [0.3, 0.4) is 0 Å². The van der Waals surface area contributed by atoms with E-state index in [-0.39, 0.29) is 5.82 Å². The third-order valence-electron chi connectivity index (χ3n) is 4.42. The lowest BCUT2D eigenvalue weighted by molar-refractivity contribution is 0.0451. The van der Waals surface area contributed by atoms with Crippen LogP contribution in [0.15, 0.2) is 18.2 Å². The smallest absolute Gasteiger partial charge is 0.126 e. The van der Waals surface area contributed by atoms with E-state index in [1.54, 1.807) is 19.1 Å².